The number of rotatable bonds is 5. The second-order valence-corrected chi connectivity index (χ2v) is 6.21. The van der Waals surface area contributed by atoms with E-state index in [0.29, 0.717) is 35.9 Å². The second-order valence-electron chi connectivity index (χ2n) is 5.78. The van der Waals surface area contributed by atoms with Crippen molar-refractivity contribution in [3.05, 3.63) is 58.7 Å². The van der Waals surface area contributed by atoms with E-state index in [0.717, 1.165) is 12.0 Å². The zero-order valence-corrected chi connectivity index (χ0v) is 13.8. The summed E-state index contributed by atoms with van der Waals surface area (Å²) in [6.07, 6.45) is 2.82. The summed E-state index contributed by atoms with van der Waals surface area (Å²) in [5, 5.41) is 13.0. The van der Waals surface area contributed by atoms with Gasteiger partial charge in [-0.2, -0.15) is 5.26 Å². The number of halogens is 1. The van der Waals surface area contributed by atoms with Crippen LogP contribution in [0.4, 0.5) is 5.82 Å². The van der Waals surface area contributed by atoms with Gasteiger partial charge in [0.1, 0.15) is 11.9 Å². The number of nitrogens with one attached hydrogen (secondary N) is 1. The van der Waals surface area contributed by atoms with Crippen LogP contribution in [0, 0.1) is 11.3 Å². The third kappa shape index (κ3) is 3.84. The van der Waals surface area contributed by atoms with Crippen LogP contribution in [0.1, 0.15) is 17.5 Å². The van der Waals surface area contributed by atoms with Gasteiger partial charge in [-0.25, -0.2) is 4.98 Å². The van der Waals surface area contributed by atoms with Crippen LogP contribution in [0.2, 0.25) is 5.02 Å². The van der Waals surface area contributed by atoms with Gasteiger partial charge in [-0.15, -0.1) is 0 Å². The summed E-state index contributed by atoms with van der Waals surface area (Å²) in [7, 11) is 0. The average Bonchev–Trinajstić information content (AvgIpc) is 2.93. The number of nitrogens with zero attached hydrogens (tertiary/aromatic N) is 3. The maximum Gasteiger partial charge on any atom is 0.224 e. The van der Waals surface area contributed by atoms with Gasteiger partial charge in [0.05, 0.1) is 11.6 Å². The van der Waals surface area contributed by atoms with E-state index in [1.165, 1.54) is 0 Å². The van der Waals surface area contributed by atoms with Crippen molar-refractivity contribution in [1.82, 2.24) is 9.88 Å². The van der Waals surface area contributed by atoms with Gasteiger partial charge in [0.15, 0.2) is 0 Å². The number of benzene rings is 1. The van der Waals surface area contributed by atoms with Crippen LogP contribution in [-0.2, 0) is 11.2 Å². The highest BCUT2D eigenvalue weighted by molar-refractivity contribution is 6.30. The first kappa shape index (κ1) is 16.3. The van der Waals surface area contributed by atoms with E-state index in [2.05, 4.69) is 16.4 Å². The molecule has 0 unspecified atom stereocenters. The van der Waals surface area contributed by atoms with Gasteiger partial charge < -0.3 is 10.2 Å². The Morgan fingerprint density at radius 3 is 3.04 bits per heavy atom. The molecule has 1 atom stereocenters. The highest BCUT2D eigenvalue weighted by Crippen LogP contribution is 2.19. The summed E-state index contributed by atoms with van der Waals surface area (Å²) in [6, 6.07) is 13.2. The van der Waals surface area contributed by atoms with E-state index in [1.807, 2.05) is 29.2 Å². The van der Waals surface area contributed by atoms with Crippen LogP contribution in [-0.4, -0.2) is 34.9 Å². The summed E-state index contributed by atoms with van der Waals surface area (Å²) >= 11 is 5.99. The van der Waals surface area contributed by atoms with Crippen LogP contribution >= 0.6 is 11.6 Å². The minimum absolute atomic E-state index is 0.0288. The van der Waals surface area contributed by atoms with Crippen LogP contribution in [0.15, 0.2) is 42.6 Å². The summed E-state index contributed by atoms with van der Waals surface area (Å²) in [4.78, 5) is 18.2. The van der Waals surface area contributed by atoms with Gasteiger partial charge in [-0.3, -0.25) is 4.79 Å². The molecule has 1 fully saturated rings. The van der Waals surface area contributed by atoms with Gasteiger partial charge in [0, 0.05) is 30.7 Å². The summed E-state index contributed by atoms with van der Waals surface area (Å²) in [6.45, 7) is 1.27. The fraction of sp³-hybridized carbons (Fsp3) is 0.278. The molecule has 1 N–H and O–H groups in total. The molecule has 122 valence electrons. The molecular formula is C18H17ClN4O. The van der Waals surface area contributed by atoms with Crippen molar-refractivity contribution in [2.75, 3.05) is 18.4 Å². The highest BCUT2D eigenvalue weighted by Gasteiger charge is 2.29. The standard InChI is InChI=1S/C18H17ClN4O/c19-15-5-1-3-13(9-15)6-8-23-12-16(10-17(23)24)22-18-14(11-20)4-2-7-21-18/h1-5,7,9,16H,6,8,10,12H2,(H,21,22)/t16-/m1/s1. The minimum Gasteiger partial charge on any atom is -0.364 e. The predicted octanol–water partition coefficient (Wildman–Crippen LogP) is 2.86. The molecule has 5 nitrogen and oxygen atoms in total. The first-order valence-corrected chi connectivity index (χ1v) is 8.17. The molecule has 1 aromatic carbocycles. The number of aromatic nitrogens is 1. The van der Waals surface area contributed by atoms with Crippen LogP contribution in [0.25, 0.3) is 0 Å². The highest BCUT2D eigenvalue weighted by atomic mass is 35.5. The molecule has 1 aliphatic rings. The maximum atomic E-state index is 12.2. The Labute approximate surface area is 145 Å². The lowest BCUT2D eigenvalue weighted by molar-refractivity contribution is -0.127. The molecule has 1 amide bonds. The first-order chi connectivity index (χ1) is 11.7. The quantitative estimate of drug-likeness (QED) is 0.908. The van der Waals surface area contributed by atoms with Crippen molar-refractivity contribution < 1.29 is 4.79 Å². The van der Waals surface area contributed by atoms with E-state index >= 15 is 0 Å². The van der Waals surface area contributed by atoms with Crippen molar-refractivity contribution in [2.45, 2.75) is 18.9 Å². The molecule has 0 saturated carbocycles. The average molecular weight is 341 g/mol. The molecule has 3 rings (SSSR count). The maximum absolute atomic E-state index is 12.2. The molecular weight excluding hydrogens is 324 g/mol. The Morgan fingerprint density at radius 1 is 1.38 bits per heavy atom. The van der Waals surface area contributed by atoms with Gasteiger partial charge >= 0.3 is 0 Å². The normalized spacial score (nSPS) is 16.9. The lowest BCUT2D eigenvalue weighted by atomic mass is 10.1. The molecule has 2 heterocycles. The summed E-state index contributed by atoms with van der Waals surface area (Å²) in [5.74, 6) is 0.651. The molecule has 24 heavy (non-hydrogen) atoms. The molecule has 0 radical (unpaired) electrons. The van der Waals surface area contributed by atoms with Gasteiger partial charge in [-0.1, -0.05) is 23.7 Å². The van der Waals surface area contributed by atoms with Gasteiger partial charge in [-0.05, 0) is 36.2 Å². The Morgan fingerprint density at radius 2 is 2.25 bits per heavy atom. The second kappa shape index (κ2) is 7.33. The number of hydrogen-bond acceptors (Lipinski definition) is 4. The number of carbonyl (C=O) groups is 1. The SMILES string of the molecule is N#Cc1cccnc1N[C@@H]1CC(=O)N(CCc2cccc(Cl)c2)C1. The zero-order valence-electron chi connectivity index (χ0n) is 13.1. The Hall–Kier alpha value is -2.58. The van der Waals surface area contributed by atoms with Crippen molar-refractivity contribution in [1.29, 1.82) is 5.26 Å². The minimum atomic E-state index is -0.0288. The molecule has 0 aliphatic carbocycles. The number of carbonyl (C=O) groups excluding carboxylic acids is 1. The number of hydrogen-bond donors (Lipinski definition) is 1. The zero-order chi connectivity index (χ0) is 16.9. The van der Waals surface area contributed by atoms with E-state index < -0.39 is 0 Å². The largest absolute Gasteiger partial charge is 0.364 e. The molecule has 1 saturated heterocycles. The number of pyridine rings is 1. The Balaban J connectivity index is 1.58. The topological polar surface area (TPSA) is 69.0 Å². The molecule has 0 bridgehead atoms. The molecule has 2 aromatic rings. The van der Waals surface area contributed by atoms with E-state index in [-0.39, 0.29) is 11.9 Å². The van der Waals surface area contributed by atoms with Crippen LogP contribution in [0.5, 0.6) is 0 Å². The lowest BCUT2D eigenvalue weighted by Crippen LogP contribution is -2.30. The van der Waals surface area contributed by atoms with E-state index in [1.54, 1.807) is 18.3 Å². The monoisotopic (exact) mass is 340 g/mol. The third-order valence-electron chi connectivity index (χ3n) is 4.04. The smallest absolute Gasteiger partial charge is 0.224 e. The van der Waals surface area contributed by atoms with E-state index in [4.69, 9.17) is 16.9 Å². The lowest BCUT2D eigenvalue weighted by Gasteiger charge is -2.17. The van der Waals surface area contributed by atoms with Crippen LogP contribution in [0.3, 0.4) is 0 Å². The predicted molar refractivity (Wildman–Crippen MR) is 92.7 cm³/mol. The Bertz CT molecular complexity index is 787. The number of amides is 1. The molecule has 1 aliphatic heterocycles. The summed E-state index contributed by atoms with van der Waals surface area (Å²) in [5.41, 5.74) is 1.60. The number of nitriles is 1. The van der Waals surface area contributed by atoms with Crippen molar-refractivity contribution in [3.8, 4) is 6.07 Å². The first-order valence-electron chi connectivity index (χ1n) is 7.79. The summed E-state index contributed by atoms with van der Waals surface area (Å²) < 4.78 is 0. The Kier molecular flexibility index (Phi) is 4.97. The molecule has 0 spiro atoms. The van der Waals surface area contributed by atoms with Crippen molar-refractivity contribution >= 4 is 23.3 Å². The van der Waals surface area contributed by atoms with Gasteiger partial charge in [0.2, 0.25) is 5.91 Å². The number of anilines is 1. The fourth-order valence-electron chi connectivity index (χ4n) is 2.85. The van der Waals surface area contributed by atoms with E-state index in [9.17, 15) is 4.79 Å². The fourth-order valence-corrected chi connectivity index (χ4v) is 3.06. The molecule has 1 aromatic heterocycles. The number of likely N-dealkylation sites (tertiary alicyclic amines) is 1. The molecule has 6 heteroatoms. The van der Waals surface area contributed by atoms with Gasteiger partial charge in [0.25, 0.3) is 0 Å². The third-order valence-corrected chi connectivity index (χ3v) is 4.28. The van der Waals surface area contributed by atoms with Crippen molar-refractivity contribution in [2.24, 2.45) is 0 Å². The van der Waals surface area contributed by atoms with Crippen molar-refractivity contribution in [3.63, 3.8) is 0 Å². The van der Waals surface area contributed by atoms with Crippen LogP contribution < -0.4 is 5.32 Å².